The molecule has 3 aliphatic rings. The molecule has 0 saturated heterocycles. The molecule has 3 aliphatic heterocycles. The summed E-state index contributed by atoms with van der Waals surface area (Å²) in [6.07, 6.45) is 8.04. The molecule has 0 radical (unpaired) electrons. The highest BCUT2D eigenvalue weighted by molar-refractivity contribution is 14.1. The monoisotopic (exact) mass is 1580 g/mol. The van der Waals surface area contributed by atoms with E-state index in [1.165, 1.54) is 36.8 Å². The van der Waals surface area contributed by atoms with E-state index < -0.39 is 24.8 Å². The summed E-state index contributed by atoms with van der Waals surface area (Å²) in [5.74, 6) is -1.68. The van der Waals surface area contributed by atoms with E-state index in [2.05, 4.69) is 35.6 Å². The van der Waals surface area contributed by atoms with Crippen LogP contribution in [0.25, 0.3) is 11.3 Å². The van der Waals surface area contributed by atoms with Gasteiger partial charge in [-0.25, -0.2) is 4.79 Å². The van der Waals surface area contributed by atoms with Crippen molar-refractivity contribution in [2.45, 2.75) is 52.1 Å². The van der Waals surface area contributed by atoms with Crippen LogP contribution in [0.4, 0.5) is 5.69 Å². The number of fused-ring (bicyclic) bond motifs is 3. The fourth-order valence-electron chi connectivity index (χ4n) is 8.77. The number of hydrogen-bond donors (Lipinski definition) is 6. The van der Waals surface area contributed by atoms with E-state index in [1.807, 2.05) is 55.9 Å². The van der Waals surface area contributed by atoms with Gasteiger partial charge in [-0.1, -0.05) is 105 Å². The Morgan fingerprint density at radius 1 is 0.625 bits per heavy atom. The van der Waals surface area contributed by atoms with E-state index in [0.29, 0.717) is 132 Å². The normalized spacial score (nSPS) is 12.8. The Bertz CT molecular complexity index is 4000. The predicted molar refractivity (Wildman–Crippen MR) is 352 cm³/mol. The molecule has 11 rings (SSSR count). The lowest BCUT2D eigenvalue weighted by Crippen LogP contribution is -2.41. The van der Waals surface area contributed by atoms with Gasteiger partial charge >= 0.3 is 7.12 Å². The van der Waals surface area contributed by atoms with Crippen LogP contribution in [-0.2, 0) is 66.5 Å². The molecule has 8 heterocycles. The minimum Gasteiger partial charge on any atom is -0.423 e. The molecule has 23 nitrogen and oxygen atoms in total. The van der Waals surface area contributed by atoms with Crippen molar-refractivity contribution < 1.29 is 38.8 Å². The van der Waals surface area contributed by atoms with Crippen LogP contribution in [-0.4, -0.2) is 122 Å². The number of carbonyl (C=O) groups excluding carboxylic acids is 6. The van der Waals surface area contributed by atoms with Crippen molar-refractivity contribution >= 4 is 192 Å². The number of benzene rings is 3. The van der Waals surface area contributed by atoms with Gasteiger partial charge in [-0.05, 0) is 117 Å². The van der Waals surface area contributed by atoms with Crippen LogP contribution in [0.1, 0.15) is 59.3 Å². The molecule has 0 spiro atoms. The van der Waals surface area contributed by atoms with Crippen LogP contribution in [0, 0.1) is 7.40 Å². The van der Waals surface area contributed by atoms with Crippen LogP contribution in [0.2, 0.25) is 40.2 Å². The Kier molecular flexibility index (Phi) is 25.4. The van der Waals surface area contributed by atoms with Crippen molar-refractivity contribution in [2.24, 2.45) is 22.2 Å². The zero-order chi connectivity index (χ0) is 64.1. The number of isocyanates is 1. The molecular formula is C54H46BCl8I2N15O8. The number of nitrogens with two attached hydrogens (primary N) is 3. The highest BCUT2D eigenvalue weighted by atomic mass is 127. The fraction of sp³-hybridized carbons (Fsp3) is 0.204. The van der Waals surface area contributed by atoms with Crippen LogP contribution < -0.4 is 28.0 Å². The van der Waals surface area contributed by atoms with E-state index in [4.69, 9.17) is 120 Å². The van der Waals surface area contributed by atoms with Crippen molar-refractivity contribution in [2.75, 3.05) is 19.6 Å². The number of halogens is 10. The van der Waals surface area contributed by atoms with Gasteiger partial charge in [0, 0.05) is 62.0 Å². The third-order valence-electron chi connectivity index (χ3n) is 12.9. The lowest BCUT2D eigenvalue weighted by Gasteiger charge is -2.28. The highest BCUT2D eigenvalue weighted by Crippen LogP contribution is 2.31. The number of aliphatic imine (C=N–C) groups is 1. The van der Waals surface area contributed by atoms with Gasteiger partial charge in [-0.15, -0.1) is 0 Å². The number of nitrogens with one attached hydrogen (secondary N) is 1. The Labute approximate surface area is 569 Å². The summed E-state index contributed by atoms with van der Waals surface area (Å²) in [5, 5.41) is 36.8. The molecule has 0 atom stereocenters. The van der Waals surface area contributed by atoms with E-state index in [-0.39, 0.29) is 36.9 Å². The standard InChI is InChI=1S/C20H16Cl3N5O2.C15H13Cl2IN4O2.C7H3Cl2NO.C7H9IN4O.C5H5BClNO2/c21-13-7-12(8-25-9-13)19-18(20(24)30)16-10-27(3-4-28(16)26-19)17(29)6-11-1-2-14(22)15(23)5-11;16-9-2-1-8(5-10(9)17)3-4-21-6-11-13(15(19)24)14(18)20-22(11)7-12(21)23;8-6-2-1-5(10-4-11)3-7(6)9;8-6-5(7(9)13)4-3-10-1-2-12(4)11-6;7-5-1-4(6(9)10)2-8-3-5/h1-2,5,7-9H,3-4,6,10H2,(H2,24,30);1-2,5H,3-4,6-7H2,(H2,19,24);1-3H;10H,1-3H2,(H2,9,13);1-3,9-10H. The van der Waals surface area contributed by atoms with Gasteiger partial charge in [-0.2, -0.15) is 20.3 Å². The lowest BCUT2D eigenvalue weighted by molar-refractivity contribution is -0.134. The quantitative estimate of drug-likeness (QED) is 0.0308. The first-order chi connectivity index (χ1) is 41.8. The van der Waals surface area contributed by atoms with Crippen molar-refractivity contribution in [1.82, 2.24) is 54.4 Å². The van der Waals surface area contributed by atoms with Crippen molar-refractivity contribution in [3.05, 3.63) is 184 Å². The molecule has 3 aromatic carbocycles. The average Bonchev–Trinajstić information content (AvgIpc) is 2.32. The molecule has 0 fully saturated rings. The number of amides is 5. The summed E-state index contributed by atoms with van der Waals surface area (Å²) in [4.78, 5) is 84.3. The molecule has 0 saturated carbocycles. The van der Waals surface area contributed by atoms with Gasteiger partial charge in [0.05, 0.1) is 112 Å². The zero-order valence-corrected chi connectivity index (χ0v) is 55.7. The van der Waals surface area contributed by atoms with Crippen molar-refractivity contribution in [3.63, 3.8) is 0 Å². The first-order valence-electron chi connectivity index (χ1n) is 25.6. The maximum atomic E-state index is 12.9. The van der Waals surface area contributed by atoms with E-state index in [9.17, 15) is 28.8 Å². The minimum absolute atomic E-state index is 0.0440. The summed E-state index contributed by atoms with van der Waals surface area (Å²) >= 11 is 50.7. The molecular weight excluding hydrogens is 1530 g/mol. The van der Waals surface area contributed by atoms with Gasteiger partial charge in [0.25, 0.3) is 17.7 Å². The van der Waals surface area contributed by atoms with Gasteiger partial charge in [0.2, 0.25) is 17.9 Å². The number of aromatic nitrogens is 8. The van der Waals surface area contributed by atoms with E-state index in [1.54, 1.807) is 73.9 Å². The molecule has 0 unspecified atom stereocenters. The van der Waals surface area contributed by atoms with Gasteiger partial charge in [0.15, 0.2) is 0 Å². The fourth-order valence-corrected chi connectivity index (χ4v) is 11.7. The van der Waals surface area contributed by atoms with Gasteiger partial charge in [-0.3, -0.25) is 48.0 Å². The molecule has 88 heavy (non-hydrogen) atoms. The summed E-state index contributed by atoms with van der Waals surface area (Å²) in [5.41, 5.74) is 23.2. The molecule has 458 valence electrons. The van der Waals surface area contributed by atoms with E-state index >= 15 is 0 Å². The molecule has 8 aromatic rings. The lowest BCUT2D eigenvalue weighted by atomic mass is 9.82. The topological polar surface area (TPSA) is 331 Å². The van der Waals surface area contributed by atoms with Crippen molar-refractivity contribution in [1.29, 1.82) is 0 Å². The SMILES string of the molecule is NC(=O)c1c(-c2cncc(Cl)c2)nn2c1CN(C(=O)Cc1ccc(Cl)c(Cl)c1)CC2.NC(=O)c1c(I)nn2c1CN(CCc1ccc(Cl)c(Cl)c1)C(=O)C2.NC(=O)c1c(I)nn2c1CNCC2.O=C=Nc1ccc(Cl)c(Cl)c1.OB(O)c1cncc(Cl)c1. The maximum absolute atomic E-state index is 12.9. The van der Waals surface area contributed by atoms with Crippen LogP contribution in [0.3, 0.4) is 0 Å². The zero-order valence-electron chi connectivity index (χ0n) is 45.3. The number of pyridine rings is 2. The Morgan fingerprint density at radius 2 is 1.18 bits per heavy atom. The third kappa shape index (κ3) is 18.4. The number of nitrogens with zero attached hydrogens (tertiary/aromatic N) is 11. The first kappa shape index (κ1) is 69.5. The molecule has 5 aromatic heterocycles. The second-order valence-corrected chi connectivity index (χ2v) is 24.2. The first-order valence-corrected chi connectivity index (χ1v) is 30.8. The molecule has 0 aliphatic carbocycles. The Balaban J connectivity index is 0.000000168. The van der Waals surface area contributed by atoms with Crippen molar-refractivity contribution in [3.8, 4) is 11.3 Å². The Hall–Kier alpha value is -5.96. The van der Waals surface area contributed by atoms with Crippen LogP contribution >= 0.6 is 138 Å². The highest BCUT2D eigenvalue weighted by Gasteiger charge is 2.32. The largest absolute Gasteiger partial charge is 0.490 e. The second kappa shape index (κ2) is 32.2. The number of rotatable bonds is 11. The predicted octanol–water partition coefficient (Wildman–Crippen LogP) is 8.13. The molecule has 9 N–H and O–H groups in total. The number of carbonyl (C=O) groups is 5. The molecule has 34 heteroatoms. The summed E-state index contributed by atoms with van der Waals surface area (Å²) in [7, 11) is -1.49. The van der Waals surface area contributed by atoms with Gasteiger partial charge in [0.1, 0.15) is 19.6 Å². The second-order valence-electron chi connectivity index (χ2n) is 18.8. The van der Waals surface area contributed by atoms with Crippen LogP contribution in [0.15, 0.2) is 96.5 Å². The average molecular weight is 1580 g/mol. The smallest absolute Gasteiger partial charge is 0.423 e. The minimum atomic E-state index is -1.49. The van der Waals surface area contributed by atoms with E-state index in [0.717, 1.165) is 29.9 Å². The number of primary amides is 3. The molecule has 0 bridgehead atoms. The molecule has 5 amide bonds. The summed E-state index contributed by atoms with van der Waals surface area (Å²) in [6.45, 7) is 4.43. The third-order valence-corrected chi connectivity index (χ3v) is 17.1. The Morgan fingerprint density at radius 3 is 1.76 bits per heavy atom. The number of hydrogen-bond acceptors (Lipinski definition) is 15. The van der Waals surface area contributed by atoms with Gasteiger partial charge < -0.3 is 42.4 Å². The maximum Gasteiger partial charge on any atom is 0.490 e. The summed E-state index contributed by atoms with van der Waals surface area (Å²) < 4.78 is 6.33. The summed E-state index contributed by atoms with van der Waals surface area (Å²) in [6, 6.07) is 18.3. The van der Waals surface area contributed by atoms with Crippen LogP contribution in [0.5, 0.6) is 0 Å².